The van der Waals surface area contributed by atoms with Gasteiger partial charge in [-0.1, -0.05) is 0 Å². The van der Waals surface area contributed by atoms with E-state index >= 15 is 0 Å². The highest BCUT2D eigenvalue weighted by molar-refractivity contribution is 5.18. The van der Waals surface area contributed by atoms with Crippen molar-refractivity contribution in [3.63, 3.8) is 0 Å². The van der Waals surface area contributed by atoms with Gasteiger partial charge in [-0.25, -0.2) is 4.39 Å². The Hall–Kier alpha value is -0.450. The second-order valence-electron chi connectivity index (χ2n) is 3.56. The first-order chi connectivity index (χ1) is 5.49. The van der Waals surface area contributed by atoms with Crippen molar-refractivity contribution >= 4 is 0 Å². The highest BCUT2D eigenvalue weighted by atomic mass is 19.1. The van der Waals surface area contributed by atoms with E-state index in [1.165, 1.54) is 6.08 Å². The smallest absolute Gasteiger partial charge is 0.164 e. The molecule has 3 atom stereocenters. The van der Waals surface area contributed by atoms with Crippen molar-refractivity contribution in [3.8, 4) is 0 Å². The van der Waals surface area contributed by atoms with E-state index in [1.807, 2.05) is 0 Å². The van der Waals surface area contributed by atoms with Crippen LogP contribution in [0.4, 0.5) is 4.39 Å². The molecule has 1 N–H and O–H groups in total. The van der Waals surface area contributed by atoms with Gasteiger partial charge in [0.1, 0.15) is 24.1 Å². The summed E-state index contributed by atoms with van der Waals surface area (Å²) in [4.78, 5) is 0. The van der Waals surface area contributed by atoms with Crippen molar-refractivity contribution in [1.29, 1.82) is 0 Å². The zero-order chi connectivity index (χ0) is 8.93. The van der Waals surface area contributed by atoms with E-state index in [0.717, 1.165) is 0 Å². The molecular formula is C8H11FO3. The molecule has 0 aromatic heterocycles. The van der Waals surface area contributed by atoms with Crippen molar-refractivity contribution < 1.29 is 19.0 Å². The van der Waals surface area contributed by atoms with Gasteiger partial charge in [-0.15, -0.1) is 0 Å². The van der Waals surface area contributed by atoms with Gasteiger partial charge in [-0.2, -0.15) is 0 Å². The van der Waals surface area contributed by atoms with Gasteiger partial charge in [0.25, 0.3) is 0 Å². The summed E-state index contributed by atoms with van der Waals surface area (Å²) in [5.41, 5.74) is 0. The minimum atomic E-state index is -1.16. The number of hydrogen-bond donors (Lipinski definition) is 1. The molecule has 1 heterocycles. The number of aliphatic hydroxyl groups is 1. The average molecular weight is 174 g/mol. The molecule has 0 bridgehead atoms. The molecule has 0 saturated carbocycles. The van der Waals surface area contributed by atoms with Crippen LogP contribution in [0.2, 0.25) is 0 Å². The highest BCUT2D eigenvalue weighted by Gasteiger charge is 2.49. The number of ether oxygens (including phenoxy) is 2. The predicted molar refractivity (Wildman–Crippen MR) is 39.0 cm³/mol. The second-order valence-corrected chi connectivity index (χ2v) is 3.56. The third kappa shape index (κ3) is 1.07. The van der Waals surface area contributed by atoms with Gasteiger partial charge in [0, 0.05) is 0 Å². The van der Waals surface area contributed by atoms with Gasteiger partial charge in [0.15, 0.2) is 5.79 Å². The van der Waals surface area contributed by atoms with Crippen LogP contribution in [-0.2, 0) is 9.47 Å². The fourth-order valence-corrected chi connectivity index (χ4v) is 1.60. The van der Waals surface area contributed by atoms with Crippen LogP contribution < -0.4 is 0 Å². The highest BCUT2D eigenvalue weighted by Crippen LogP contribution is 2.37. The summed E-state index contributed by atoms with van der Waals surface area (Å²) in [6.45, 7) is 3.48. The molecule has 0 aromatic carbocycles. The summed E-state index contributed by atoms with van der Waals surface area (Å²) in [6.07, 6.45) is -0.892. The monoisotopic (exact) mass is 174 g/mol. The van der Waals surface area contributed by atoms with E-state index in [1.54, 1.807) is 13.8 Å². The minimum Gasteiger partial charge on any atom is -0.383 e. The first kappa shape index (κ1) is 8.16. The molecule has 68 valence electrons. The summed E-state index contributed by atoms with van der Waals surface area (Å²) >= 11 is 0. The van der Waals surface area contributed by atoms with Gasteiger partial charge in [-0.3, -0.25) is 0 Å². The number of fused-ring (bicyclic) bond motifs is 1. The molecule has 0 amide bonds. The lowest BCUT2D eigenvalue weighted by molar-refractivity contribution is -0.154. The predicted octanol–water partition coefficient (Wildman–Crippen LogP) is 0.734. The van der Waals surface area contributed by atoms with Crippen molar-refractivity contribution in [3.05, 3.63) is 11.9 Å². The van der Waals surface area contributed by atoms with Gasteiger partial charge < -0.3 is 14.6 Å². The quantitative estimate of drug-likeness (QED) is 0.588. The topological polar surface area (TPSA) is 38.7 Å². The molecule has 12 heavy (non-hydrogen) atoms. The third-order valence-electron chi connectivity index (χ3n) is 2.08. The molecule has 3 unspecified atom stereocenters. The Morgan fingerprint density at radius 1 is 1.50 bits per heavy atom. The summed E-state index contributed by atoms with van der Waals surface area (Å²) in [5.74, 6) is -1.27. The van der Waals surface area contributed by atoms with Crippen molar-refractivity contribution in [2.24, 2.45) is 0 Å². The normalized spacial score (nSPS) is 44.3. The van der Waals surface area contributed by atoms with Crippen LogP contribution in [0.1, 0.15) is 13.8 Å². The molecule has 1 fully saturated rings. The van der Waals surface area contributed by atoms with E-state index < -0.39 is 29.9 Å². The maximum atomic E-state index is 12.7. The Balaban J connectivity index is 2.19. The summed E-state index contributed by atoms with van der Waals surface area (Å²) < 4.78 is 23.3. The lowest BCUT2D eigenvalue weighted by Gasteiger charge is -2.18. The number of halogens is 1. The fraction of sp³-hybridized carbons (Fsp3) is 0.750. The molecule has 1 aliphatic carbocycles. The molecule has 1 aliphatic heterocycles. The molecule has 2 aliphatic rings. The van der Waals surface area contributed by atoms with Crippen LogP contribution in [0, 0.1) is 0 Å². The van der Waals surface area contributed by atoms with Crippen LogP contribution in [0.3, 0.4) is 0 Å². The van der Waals surface area contributed by atoms with E-state index in [0.29, 0.717) is 0 Å². The maximum Gasteiger partial charge on any atom is 0.164 e. The number of rotatable bonds is 0. The van der Waals surface area contributed by atoms with Crippen molar-refractivity contribution in [2.45, 2.75) is 37.9 Å². The van der Waals surface area contributed by atoms with Gasteiger partial charge >= 0.3 is 0 Å². The van der Waals surface area contributed by atoms with E-state index in [-0.39, 0.29) is 0 Å². The Labute approximate surface area is 69.8 Å². The molecule has 1 saturated heterocycles. The molecular weight excluding hydrogens is 163 g/mol. The molecule has 4 heteroatoms. The maximum absolute atomic E-state index is 12.7. The zero-order valence-electron chi connectivity index (χ0n) is 6.95. The van der Waals surface area contributed by atoms with E-state index in [2.05, 4.69) is 0 Å². The van der Waals surface area contributed by atoms with Gasteiger partial charge in [0.2, 0.25) is 0 Å². The first-order valence-corrected chi connectivity index (χ1v) is 3.90. The van der Waals surface area contributed by atoms with Crippen LogP contribution in [0.25, 0.3) is 0 Å². The largest absolute Gasteiger partial charge is 0.383 e. The molecule has 0 spiro atoms. The van der Waals surface area contributed by atoms with Crippen LogP contribution >= 0.6 is 0 Å². The minimum absolute atomic E-state index is 0.435. The van der Waals surface area contributed by atoms with E-state index in [9.17, 15) is 9.50 Å². The third-order valence-corrected chi connectivity index (χ3v) is 2.08. The summed E-state index contributed by atoms with van der Waals surface area (Å²) in [7, 11) is 0. The van der Waals surface area contributed by atoms with E-state index in [4.69, 9.17) is 9.47 Å². The Kier molecular flexibility index (Phi) is 1.55. The summed E-state index contributed by atoms with van der Waals surface area (Å²) in [6, 6.07) is 0. The van der Waals surface area contributed by atoms with Crippen LogP contribution in [0.15, 0.2) is 11.9 Å². The van der Waals surface area contributed by atoms with Gasteiger partial charge in [0.05, 0.1) is 0 Å². The van der Waals surface area contributed by atoms with Crippen molar-refractivity contribution in [2.75, 3.05) is 0 Å². The lowest BCUT2D eigenvalue weighted by atomic mass is 10.2. The van der Waals surface area contributed by atoms with Crippen LogP contribution in [0.5, 0.6) is 0 Å². The standard InChI is InChI=1S/C8H11FO3/c1-8(2)11-5-3-4(9)6(10)7(5)12-8/h3,5-7,10H,1-2H3. The molecule has 0 radical (unpaired) electrons. The Bertz CT molecular complexity index is 236. The number of aliphatic hydroxyl groups excluding tert-OH is 1. The van der Waals surface area contributed by atoms with Crippen LogP contribution in [-0.4, -0.2) is 29.2 Å². The first-order valence-electron chi connectivity index (χ1n) is 3.90. The van der Waals surface area contributed by atoms with Gasteiger partial charge in [-0.05, 0) is 19.9 Å². The number of hydrogen-bond acceptors (Lipinski definition) is 3. The Morgan fingerprint density at radius 3 is 2.75 bits per heavy atom. The lowest BCUT2D eigenvalue weighted by Crippen LogP contribution is -2.29. The summed E-state index contributed by atoms with van der Waals surface area (Å²) in [5, 5.41) is 9.25. The molecule has 2 rings (SSSR count). The Morgan fingerprint density at radius 2 is 2.17 bits per heavy atom. The molecule has 3 nitrogen and oxygen atoms in total. The van der Waals surface area contributed by atoms with Crippen molar-refractivity contribution in [1.82, 2.24) is 0 Å². The SMILES string of the molecule is CC1(C)OC2C=C(F)C(O)C2O1. The second kappa shape index (κ2) is 2.28. The zero-order valence-corrected chi connectivity index (χ0v) is 6.95. The molecule has 0 aromatic rings. The fourth-order valence-electron chi connectivity index (χ4n) is 1.60. The average Bonchev–Trinajstić information content (AvgIpc) is 2.33.